The number of carbonyl (C=O) groups excluding carboxylic acids is 2. The van der Waals surface area contributed by atoms with Gasteiger partial charge in [0.2, 0.25) is 0 Å². The van der Waals surface area contributed by atoms with Gasteiger partial charge in [0.25, 0.3) is 0 Å². The summed E-state index contributed by atoms with van der Waals surface area (Å²) < 4.78 is 0. The van der Waals surface area contributed by atoms with Gasteiger partial charge in [0.15, 0.2) is 0 Å². The van der Waals surface area contributed by atoms with Crippen molar-refractivity contribution in [3.8, 4) is 11.1 Å². The van der Waals surface area contributed by atoms with Crippen LogP contribution in [0.15, 0.2) is 42.6 Å². The number of benzene rings is 1. The molecule has 90 valence electrons. The van der Waals surface area contributed by atoms with Gasteiger partial charge in [-0.15, -0.1) is 0 Å². The highest BCUT2D eigenvalue weighted by molar-refractivity contribution is 5.96. The molecule has 1 heterocycles. The van der Waals surface area contributed by atoms with Crippen molar-refractivity contribution in [3.05, 3.63) is 53.9 Å². The van der Waals surface area contributed by atoms with E-state index in [-0.39, 0.29) is 16.8 Å². The van der Waals surface area contributed by atoms with Crippen LogP contribution in [0.25, 0.3) is 11.1 Å². The molecule has 0 atom stereocenters. The lowest BCUT2D eigenvalue weighted by molar-refractivity contribution is -0.256. The summed E-state index contributed by atoms with van der Waals surface area (Å²) in [6.07, 6.45) is 0.961. The molecule has 2 rings (SSSR count). The van der Waals surface area contributed by atoms with Crippen LogP contribution in [0.5, 0.6) is 0 Å². The summed E-state index contributed by atoms with van der Waals surface area (Å²) in [6.45, 7) is 0. The number of rotatable bonds is 3. The fourth-order valence-electron chi connectivity index (χ4n) is 1.59. The molecule has 5 nitrogen and oxygen atoms in total. The molecule has 0 radical (unpaired) electrons. The molecule has 5 heteroatoms. The maximum atomic E-state index is 11.0. The Labute approximate surface area is 102 Å². The summed E-state index contributed by atoms with van der Waals surface area (Å²) in [5.74, 6) is -2.87. The molecule has 0 saturated heterocycles. The summed E-state index contributed by atoms with van der Waals surface area (Å²) in [6, 6.07) is 9.70. The van der Waals surface area contributed by atoms with Gasteiger partial charge < -0.3 is 19.8 Å². The van der Waals surface area contributed by atoms with Gasteiger partial charge in [0.05, 0.1) is 17.6 Å². The number of pyridine rings is 1. The zero-order chi connectivity index (χ0) is 13.1. The van der Waals surface area contributed by atoms with Gasteiger partial charge in [-0.25, -0.2) is 0 Å². The maximum Gasteiger partial charge on any atom is 0.0900 e. The zero-order valence-electron chi connectivity index (χ0n) is 9.12. The van der Waals surface area contributed by atoms with Crippen molar-refractivity contribution in [1.82, 2.24) is 4.98 Å². The second-order valence-corrected chi connectivity index (χ2v) is 3.56. The van der Waals surface area contributed by atoms with Gasteiger partial charge in [-0.1, -0.05) is 30.3 Å². The molecule has 18 heavy (non-hydrogen) atoms. The number of carboxylic acids is 2. The molecule has 0 N–H and O–H groups in total. The first kappa shape index (κ1) is 11.8. The number of aromatic carboxylic acids is 2. The molecule has 0 amide bonds. The molecular formula is C13H7NO4-2. The molecule has 0 fully saturated rings. The Morgan fingerprint density at radius 2 is 1.67 bits per heavy atom. The van der Waals surface area contributed by atoms with Gasteiger partial charge in [-0.05, 0) is 17.2 Å². The maximum absolute atomic E-state index is 11.0. The lowest BCUT2D eigenvalue weighted by Crippen LogP contribution is -2.26. The average molecular weight is 241 g/mol. The molecule has 2 aromatic rings. The number of hydrogen-bond acceptors (Lipinski definition) is 5. The highest BCUT2D eigenvalue weighted by Gasteiger charge is 2.08. The number of aromatic nitrogens is 1. The molecule has 0 spiro atoms. The third-order valence-electron chi connectivity index (χ3n) is 2.42. The van der Waals surface area contributed by atoms with Crippen LogP contribution in [0.4, 0.5) is 0 Å². The molecule has 0 aliphatic heterocycles. The molecule has 0 bridgehead atoms. The quantitative estimate of drug-likeness (QED) is 0.720. The molecular weight excluding hydrogens is 234 g/mol. The predicted molar refractivity (Wildman–Crippen MR) is 58.3 cm³/mol. The SMILES string of the molecule is O=C([O-])c1cc(-c2ccccc2)c(C(=O)[O-])cn1. The van der Waals surface area contributed by atoms with E-state index in [1.807, 2.05) is 0 Å². The Kier molecular flexibility index (Phi) is 3.05. The number of hydrogen-bond donors (Lipinski definition) is 0. The Bertz CT molecular complexity index is 608. The van der Waals surface area contributed by atoms with Crippen LogP contribution in [0.3, 0.4) is 0 Å². The van der Waals surface area contributed by atoms with E-state index in [2.05, 4.69) is 4.98 Å². The van der Waals surface area contributed by atoms with E-state index in [1.165, 1.54) is 0 Å². The first-order chi connectivity index (χ1) is 8.59. The fraction of sp³-hybridized carbons (Fsp3) is 0. The number of carboxylic acid groups (broad SMARTS) is 2. The molecule has 0 aliphatic carbocycles. The fourth-order valence-corrected chi connectivity index (χ4v) is 1.59. The minimum Gasteiger partial charge on any atom is -0.545 e. The monoisotopic (exact) mass is 241 g/mol. The van der Waals surface area contributed by atoms with Crippen molar-refractivity contribution in [3.63, 3.8) is 0 Å². The first-order valence-corrected chi connectivity index (χ1v) is 5.08. The first-order valence-electron chi connectivity index (χ1n) is 5.08. The summed E-state index contributed by atoms with van der Waals surface area (Å²) in [5.41, 5.74) is 0.330. The summed E-state index contributed by atoms with van der Waals surface area (Å²) in [7, 11) is 0. The van der Waals surface area contributed by atoms with Crippen LogP contribution >= 0.6 is 0 Å². The summed E-state index contributed by atoms with van der Waals surface area (Å²) in [5, 5.41) is 21.7. The van der Waals surface area contributed by atoms with Gasteiger partial charge in [0, 0.05) is 11.8 Å². The largest absolute Gasteiger partial charge is 0.545 e. The minimum absolute atomic E-state index is 0.161. The van der Waals surface area contributed by atoms with Gasteiger partial charge >= 0.3 is 0 Å². The van der Waals surface area contributed by atoms with Crippen LogP contribution < -0.4 is 10.2 Å². The topological polar surface area (TPSA) is 93.1 Å². The normalized spacial score (nSPS) is 10.0. The van der Waals surface area contributed by atoms with E-state index < -0.39 is 11.9 Å². The third kappa shape index (κ3) is 2.20. The second kappa shape index (κ2) is 4.67. The van der Waals surface area contributed by atoms with Crippen LogP contribution in [0.2, 0.25) is 0 Å². The lowest BCUT2D eigenvalue weighted by atomic mass is 10.0. The summed E-state index contributed by atoms with van der Waals surface area (Å²) >= 11 is 0. The minimum atomic E-state index is -1.46. The van der Waals surface area contributed by atoms with E-state index in [9.17, 15) is 19.8 Å². The average Bonchev–Trinajstić information content (AvgIpc) is 2.39. The van der Waals surface area contributed by atoms with Crippen LogP contribution in [0.1, 0.15) is 20.8 Å². The van der Waals surface area contributed by atoms with E-state index in [1.54, 1.807) is 30.3 Å². The Morgan fingerprint density at radius 3 is 2.22 bits per heavy atom. The van der Waals surface area contributed by atoms with Crippen LogP contribution in [0, 0.1) is 0 Å². The van der Waals surface area contributed by atoms with Crippen LogP contribution in [-0.4, -0.2) is 16.9 Å². The molecule has 1 aromatic heterocycles. The van der Waals surface area contributed by atoms with Gasteiger partial charge in [-0.3, -0.25) is 4.98 Å². The van der Waals surface area contributed by atoms with Crippen LogP contribution in [-0.2, 0) is 0 Å². The third-order valence-corrected chi connectivity index (χ3v) is 2.42. The van der Waals surface area contributed by atoms with E-state index in [0.717, 1.165) is 12.3 Å². The van der Waals surface area contributed by atoms with Crippen molar-refractivity contribution in [1.29, 1.82) is 0 Å². The van der Waals surface area contributed by atoms with E-state index in [4.69, 9.17) is 0 Å². The molecule has 0 aliphatic rings. The van der Waals surface area contributed by atoms with E-state index >= 15 is 0 Å². The van der Waals surface area contributed by atoms with Crippen molar-refractivity contribution in [2.24, 2.45) is 0 Å². The second-order valence-electron chi connectivity index (χ2n) is 3.56. The van der Waals surface area contributed by atoms with Crippen molar-refractivity contribution >= 4 is 11.9 Å². The van der Waals surface area contributed by atoms with Gasteiger partial charge in [0.1, 0.15) is 0 Å². The van der Waals surface area contributed by atoms with Gasteiger partial charge in [-0.2, -0.15) is 0 Å². The van der Waals surface area contributed by atoms with E-state index in [0.29, 0.717) is 5.56 Å². The Balaban J connectivity index is 2.65. The smallest absolute Gasteiger partial charge is 0.0900 e. The highest BCUT2D eigenvalue weighted by atomic mass is 16.4. The Morgan fingerprint density at radius 1 is 1.00 bits per heavy atom. The number of carbonyl (C=O) groups is 2. The molecule has 0 unspecified atom stereocenters. The standard InChI is InChI=1S/C13H9NO4/c15-12(16)10-7-14-11(13(17)18)6-9(10)8-4-2-1-3-5-8/h1-7H,(H,15,16)(H,17,18)/p-2. The number of nitrogens with zero attached hydrogens (tertiary/aromatic N) is 1. The van der Waals surface area contributed by atoms with Crippen molar-refractivity contribution in [2.45, 2.75) is 0 Å². The van der Waals surface area contributed by atoms with Crippen molar-refractivity contribution < 1.29 is 19.8 Å². The predicted octanol–water partition coefficient (Wildman–Crippen LogP) is -0.524. The zero-order valence-corrected chi connectivity index (χ0v) is 9.12. The Hall–Kier alpha value is -2.69. The van der Waals surface area contributed by atoms with Crippen molar-refractivity contribution in [2.75, 3.05) is 0 Å². The molecule has 1 aromatic carbocycles. The highest BCUT2D eigenvalue weighted by Crippen LogP contribution is 2.23. The summed E-state index contributed by atoms with van der Waals surface area (Å²) in [4.78, 5) is 25.2. The lowest BCUT2D eigenvalue weighted by Gasteiger charge is -2.12. The molecule has 0 saturated carbocycles.